The van der Waals surface area contributed by atoms with Crippen LogP contribution in [0, 0.1) is 11.3 Å². The second-order valence-corrected chi connectivity index (χ2v) is 4.89. The zero-order valence-electron chi connectivity index (χ0n) is 11.4. The number of anilines is 1. The minimum Gasteiger partial charge on any atom is -0.508 e. The lowest BCUT2D eigenvalue weighted by Crippen LogP contribution is -2.38. The van der Waals surface area contributed by atoms with Crippen molar-refractivity contribution in [2.75, 3.05) is 24.6 Å². The molecule has 1 aromatic carbocycles. The molecular formula is C16H15N3O2. The zero-order chi connectivity index (χ0) is 14.7. The summed E-state index contributed by atoms with van der Waals surface area (Å²) >= 11 is 0. The number of nitrogens with zero attached hydrogens (tertiary/aromatic N) is 3. The van der Waals surface area contributed by atoms with Gasteiger partial charge < -0.3 is 14.7 Å². The van der Waals surface area contributed by atoms with Crippen molar-refractivity contribution in [2.45, 2.75) is 6.10 Å². The average molecular weight is 281 g/mol. The molecule has 0 aliphatic carbocycles. The highest BCUT2D eigenvalue weighted by Gasteiger charge is 2.23. The monoisotopic (exact) mass is 281 g/mol. The van der Waals surface area contributed by atoms with Crippen LogP contribution in [0.4, 0.5) is 5.82 Å². The number of hydrogen-bond donors (Lipinski definition) is 1. The van der Waals surface area contributed by atoms with Crippen molar-refractivity contribution in [1.82, 2.24) is 4.98 Å². The van der Waals surface area contributed by atoms with E-state index in [0.717, 1.165) is 17.9 Å². The van der Waals surface area contributed by atoms with Crippen LogP contribution in [-0.2, 0) is 4.74 Å². The Morgan fingerprint density at radius 2 is 2.14 bits per heavy atom. The maximum Gasteiger partial charge on any atom is 0.142 e. The van der Waals surface area contributed by atoms with Crippen LogP contribution in [0.25, 0.3) is 0 Å². The molecule has 1 fully saturated rings. The van der Waals surface area contributed by atoms with Crippen molar-refractivity contribution >= 4 is 5.82 Å². The smallest absolute Gasteiger partial charge is 0.142 e. The van der Waals surface area contributed by atoms with E-state index in [0.29, 0.717) is 18.8 Å². The van der Waals surface area contributed by atoms with Gasteiger partial charge in [0.1, 0.15) is 29.4 Å². The number of hydrogen-bond acceptors (Lipinski definition) is 5. The van der Waals surface area contributed by atoms with E-state index >= 15 is 0 Å². The summed E-state index contributed by atoms with van der Waals surface area (Å²) in [6.45, 7) is 1.96. The van der Waals surface area contributed by atoms with Gasteiger partial charge in [-0.05, 0) is 29.8 Å². The summed E-state index contributed by atoms with van der Waals surface area (Å²) < 4.78 is 5.78. The summed E-state index contributed by atoms with van der Waals surface area (Å²) in [6.07, 6.45) is -0.113. The van der Waals surface area contributed by atoms with E-state index in [2.05, 4.69) is 16.0 Å². The highest BCUT2D eigenvalue weighted by Crippen LogP contribution is 2.27. The lowest BCUT2D eigenvalue weighted by Gasteiger charge is -2.34. The standard InChI is InChI=1S/C16H15N3O2/c17-10-13-4-2-6-16(18-13)19-7-8-21-15(11-19)12-3-1-5-14(20)9-12/h1-6,9,15,20H,7-8,11H2/t15-/m0/s1. The van der Waals surface area contributed by atoms with Gasteiger partial charge in [-0.15, -0.1) is 0 Å². The van der Waals surface area contributed by atoms with Crippen LogP contribution in [0.1, 0.15) is 17.4 Å². The Bertz CT molecular complexity index is 681. The number of ether oxygens (including phenoxy) is 1. The average Bonchev–Trinajstić information content (AvgIpc) is 2.55. The molecule has 0 bridgehead atoms. The van der Waals surface area contributed by atoms with Gasteiger partial charge in [0.25, 0.3) is 0 Å². The third-order valence-corrected chi connectivity index (χ3v) is 3.48. The quantitative estimate of drug-likeness (QED) is 0.914. The molecule has 1 atom stereocenters. The predicted molar refractivity (Wildman–Crippen MR) is 78.0 cm³/mol. The molecule has 0 saturated carbocycles. The van der Waals surface area contributed by atoms with E-state index in [1.54, 1.807) is 18.2 Å². The summed E-state index contributed by atoms with van der Waals surface area (Å²) in [6, 6.07) is 14.6. The largest absolute Gasteiger partial charge is 0.508 e. The fourth-order valence-electron chi connectivity index (χ4n) is 2.45. The number of phenols is 1. The second-order valence-electron chi connectivity index (χ2n) is 4.89. The van der Waals surface area contributed by atoms with Gasteiger partial charge in [-0.2, -0.15) is 5.26 Å². The van der Waals surface area contributed by atoms with E-state index < -0.39 is 0 Å². The minimum atomic E-state index is -0.113. The van der Waals surface area contributed by atoms with Crippen molar-refractivity contribution in [3.8, 4) is 11.8 Å². The zero-order valence-corrected chi connectivity index (χ0v) is 11.4. The number of benzene rings is 1. The maximum atomic E-state index is 9.58. The topological polar surface area (TPSA) is 69.4 Å². The van der Waals surface area contributed by atoms with Gasteiger partial charge in [0.05, 0.1) is 6.61 Å². The molecule has 1 aliphatic rings. The van der Waals surface area contributed by atoms with Crippen LogP contribution in [0.2, 0.25) is 0 Å². The van der Waals surface area contributed by atoms with Gasteiger partial charge >= 0.3 is 0 Å². The fraction of sp³-hybridized carbons (Fsp3) is 0.250. The summed E-state index contributed by atoms with van der Waals surface area (Å²) in [4.78, 5) is 6.42. The van der Waals surface area contributed by atoms with Gasteiger partial charge in [0, 0.05) is 13.1 Å². The number of pyridine rings is 1. The summed E-state index contributed by atoms with van der Waals surface area (Å²) in [7, 11) is 0. The number of aromatic hydroxyl groups is 1. The van der Waals surface area contributed by atoms with Crippen LogP contribution < -0.4 is 4.90 Å². The van der Waals surface area contributed by atoms with Gasteiger partial charge in [-0.3, -0.25) is 0 Å². The van der Waals surface area contributed by atoms with E-state index in [1.807, 2.05) is 24.3 Å². The molecule has 0 radical (unpaired) electrons. The number of phenolic OH excluding ortho intramolecular Hbond substituents is 1. The van der Waals surface area contributed by atoms with Crippen molar-refractivity contribution in [3.63, 3.8) is 0 Å². The summed E-state index contributed by atoms with van der Waals surface area (Å²) in [5, 5.41) is 18.5. The molecule has 1 aromatic heterocycles. The third kappa shape index (κ3) is 2.96. The van der Waals surface area contributed by atoms with Crippen LogP contribution in [0.15, 0.2) is 42.5 Å². The molecule has 2 aromatic rings. The van der Waals surface area contributed by atoms with E-state index in [-0.39, 0.29) is 11.9 Å². The normalized spacial score (nSPS) is 18.2. The molecule has 1 N–H and O–H groups in total. The molecule has 3 rings (SSSR count). The van der Waals surface area contributed by atoms with Crippen molar-refractivity contribution in [3.05, 3.63) is 53.7 Å². The van der Waals surface area contributed by atoms with Crippen molar-refractivity contribution in [1.29, 1.82) is 5.26 Å². The number of morpholine rings is 1. The first-order valence-corrected chi connectivity index (χ1v) is 6.79. The minimum absolute atomic E-state index is 0.113. The summed E-state index contributed by atoms with van der Waals surface area (Å²) in [5.41, 5.74) is 1.35. The first-order chi connectivity index (χ1) is 10.3. The first-order valence-electron chi connectivity index (χ1n) is 6.79. The molecule has 0 spiro atoms. The Morgan fingerprint density at radius 3 is 2.95 bits per heavy atom. The number of rotatable bonds is 2. The van der Waals surface area contributed by atoms with Gasteiger partial charge in [-0.1, -0.05) is 18.2 Å². The molecule has 106 valence electrons. The lowest BCUT2D eigenvalue weighted by atomic mass is 10.1. The molecule has 2 heterocycles. The highest BCUT2D eigenvalue weighted by atomic mass is 16.5. The maximum absolute atomic E-state index is 9.58. The predicted octanol–water partition coefficient (Wildman–Crippen LogP) is 2.24. The molecule has 1 aliphatic heterocycles. The Hall–Kier alpha value is -2.58. The highest BCUT2D eigenvalue weighted by molar-refractivity contribution is 5.43. The fourth-order valence-corrected chi connectivity index (χ4v) is 2.45. The van der Waals surface area contributed by atoms with Crippen molar-refractivity contribution in [2.24, 2.45) is 0 Å². The second kappa shape index (κ2) is 5.81. The Labute approximate surface area is 123 Å². The van der Waals surface area contributed by atoms with Crippen LogP contribution in [0.5, 0.6) is 5.75 Å². The lowest BCUT2D eigenvalue weighted by molar-refractivity contribution is 0.0394. The summed E-state index contributed by atoms with van der Waals surface area (Å²) in [5.74, 6) is 1.01. The van der Waals surface area contributed by atoms with Gasteiger partial charge in [-0.25, -0.2) is 4.98 Å². The molecule has 0 unspecified atom stereocenters. The molecule has 5 nitrogen and oxygen atoms in total. The molecule has 5 heteroatoms. The van der Waals surface area contributed by atoms with E-state index in [1.165, 1.54) is 0 Å². The number of nitriles is 1. The third-order valence-electron chi connectivity index (χ3n) is 3.48. The first kappa shape index (κ1) is 13.4. The molecular weight excluding hydrogens is 266 g/mol. The van der Waals surface area contributed by atoms with E-state index in [4.69, 9.17) is 10.00 Å². The van der Waals surface area contributed by atoms with E-state index in [9.17, 15) is 5.11 Å². The van der Waals surface area contributed by atoms with Crippen molar-refractivity contribution < 1.29 is 9.84 Å². The van der Waals surface area contributed by atoms with Gasteiger partial charge in [0.15, 0.2) is 0 Å². The Morgan fingerprint density at radius 1 is 1.29 bits per heavy atom. The Balaban J connectivity index is 1.81. The van der Waals surface area contributed by atoms with Crippen LogP contribution in [-0.4, -0.2) is 29.8 Å². The Kier molecular flexibility index (Phi) is 3.71. The van der Waals surface area contributed by atoms with Crippen LogP contribution >= 0.6 is 0 Å². The molecule has 1 saturated heterocycles. The SMILES string of the molecule is N#Cc1cccc(N2CCO[C@H](c3cccc(O)c3)C2)n1. The molecule has 21 heavy (non-hydrogen) atoms. The number of aromatic nitrogens is 1. The molecule has 0 amide bonds. The van der Waals surface area contributed by atoms with Gasteiger partial charge in [0.2, 0.25) is 0 Å². The van der Waals surface area contributed by atoms with Crippen LogP contribution in [0.3, 0.4) is 0 Å².